The molecule has 19 heavy (non-hydrogen) atoms. The van der Waals surface area contributed by atoms with E-state index in [1.54, 1.807) is 0 Å². The van der Waals surface area contributed by atoms with Crippen LogP contribution in [0.3, 0.4) is 0 Å². The quantitative estimate of drug-likeness (QED) is 0.892. The summed E-state index contributed by atoms with van der Waals surface area (Å²) in [5.74, 6) is 2.29. The monoisotopic (exact) mass is 265 g/mol. The molecule has 1 N–H and O–H groups in total. The zero-order chi connectivity index (χ0) is 13.9. The third kappa shape index (κ3) is 3.35. The fourth-order valence-corrected chi connectivity index (χ4v) is 3.14. The number of hydrogen-bond donors (Lipinski definition) is 1. The van der Waals surface area contributed by atoms with Crippen molar-refractivity contribution in [1.82, 2.24) is 14.8 Å². The van der Waals surface area contributed by atoms with Crippen LogP contribution in [0.1, 0.15) is 83.3 Å². The molecule has 0 saturated heterocycles. The van der Waals surface area contributed by atoms with Gasteiger partial charge in [0.15, 0.2) is 5.82 Å². The third-order valence-electron chi connectivity index (χ3n) is 4.04. The van der Waals surface area contributed by atoms with Crippen LogP contribution in [0.25, 0.3) is 0 Å². The molecule has 4 heteroatoms. The van der Waals surface area contributed by atoms with Gasteiger partial charge in [0.1, 0.15) is 12.4 Å². The van der Waals surface area contributed by atoms with Gasteiger partial charge in [0.05, 0.1) is 0 Å². The fourth-order valence-electron chi connectivity index (χ4n) is 3.14. The van der Waals surface area contributed by atoms with Gasteiger partial charge in [-0.25, -0.2) is 0 Å². The Kier molecular flexibility index (Phi) is 4.61. The van der Waals surface area contributed by atoms with E-state index in [0.29, 0.717) is 11.7 Å². The van der Waals surface area contributed by atoms with Crippen LogP contribution in [0.4, 0.5) is 0 Å². The largest absolute Gasteiger partial charge is 0.388 e. The molecule has 1 fully saturated rings. The maximum Gasteiger partial charge on any atom is 0.159 e. The Balaban J connectivity index is 2.29. The van der Waals surface area contributed by atoms with Crippen LogP contribution in [-0.4, -0.2) is 19.9 Å². The Morgan fingerprint density at radius 2 is 1.63 bits per heavy atom. The van der Waals surface area contributed by atoms with Crippen molar-refractivity contribution in [2.45, 2.75) is 83.8 Å². The lowest BCUT2D eigenvalue weighted by Crippen LogP contribution is -2.28. The molecule has 0 aliphatic heterocycles. The first-order valence-corrected chi connectivity index (χ1v) is 7.59. The van der Waals surface area contributed by atoms with E-state index >= 15 is 0 Å². The van der Waals surface area contributed by atoms with E-state index in [9.17, 15) is 5.11 Å². The third-order valence-corrected chi connectivity index (χ3v) is 4.04. The Labute approximate surface area is 116 Å². The molecular weight excluding hydrogens is 238 g/mol. The molecule has 1 aromatic heterocycles. The van der Waals surface area contributed by atoms with Crippen LogP contribution in [0, 0.1) is 0 Å². The van der Waals surface area contributed by atoms with Crippen LogP contribution in [-0.2, 0) is 12.1 Å². The van der Waals surface area contributed by atoms with Crippen molar-refractivity contribution < 1.29 is 5.11 Å². The van der Waals surface area contributed by atoms with Crippen molar-refractivity contribution >= 4 is 0 Å². The van der Waals surface area contributed by atoms with Gasteiger partial charge in [-0.2, -0.15) is 0 Å². The van der Waals surface area contributed by atoms with Gasteiger partial charge in [-0.15, -0.1) is 10.2 Å². The van der Waals surface area contributed by atoms with Gasteiger partial charge >= 0.3 is 0 Å². The van der Waals surface area contributed by atoms with Crippen LogP contribution in [0.5, 0.6) is 0 Å². The van der Waals surface area contributed by atoms with E-state index in [0.717, 1.165) is 5.82 Å². The van der Waals surface area contributed by atoms with E-state index in [1.165, 1.54) is 44.9 Å². The van der Waals surface area contributed by atoms with Crippen molar-refractivity contribution in [3.8, 4) is 0 Å². The highest BCUT2D eigenvalue weighted by Gasteiger charge is 2.27. The summed E-state index contributed by atoms with van der Waals surface area (Å²) in [6.07, 6.45) is 9.05. The average Bonchev–Trinajstić information content (AvgIpc) is 2.71. The predicted octanol–water partition coefficient (Wildman–Crippen LogP) is 3.35. The van der Waals surface area contributed by atoms with E-state index in [2.05, 4.69) is 35.5 Å². The van der Waals surface area contributed by atoms with Crippen molar-refractivity contribution in [3.63, 3.8) is 0 Å². The number of hydrogen-bond acceptors (Lipinski definition) is 3. The highest BCUT2D eigenvalue weighted by molar-refractivity contribution is 5.06. The zero-order valence-electron chi connectivity index (χ0n) is 12.5. The average molecular weight is 265 g/mol. The highest BCUT2D eigenvalue weighted by atomic mass is 16.3. The van der Waals surface area contributed by atoms with E-state index in [4.69, 9.17) is 0 Å². The van der Waals surface area contributed by atoms with Crippen molar-refractivity contribution in [2.75, 3.05) is 0 Å². The standard InChI is InChI=1S/C15H27N3O/c1-15(2,3)18-13(11-19)16-17-14(18)12-9-7-5-4-6-8-10-12/h12,19H,4-11H2,1-3H3. The minimum Gasteiger partial charge on any atom is -0.388 e. The second kappa shape index (κ2) is 6.04. The first-order valence-electron chi connectivity index (χ1n) is 7.59. The highest BCUT2D eigenvalue weighted by Crippen LogP contribution is 2.32. The lowest BCUT2D eigenvalue weighted by molar-refractivity contribution is 0.245. The van der Waals surface area contributed by atoms with Crippen LogP contribution >= 0.6 is 0 Å². The molecule has 2 rings (SSSR count). The molecule has 1 aliphatic carbocycles. The Bertz CT molecular complexity index is 398. The molecule has 108 valence electrons. The second-order valence-electron chi connectivity index (χ2n) is 6.68. The van der Waals surface area contributed by atoms with Crippen LogP contribution in [0.15, 0.2) is 0 Å². The maximum absolute atomic E-state index is 9.47. The van der Waals surface area contributed by atoms with Crippen LogP contribution in [0.2, 0.25) is 0 Å². The lowest BCUT2D eigenvalue weighted by atomic mass is 9.90. The van der Waals surface area contributed by atoms with Gasteiger partial charge in [0, 0.05) is 11.5 Å². The number of aliphatic hydroxyl groups is 1. The molecular formula is C15H27N3O. The summed E-state index contributed by atoms with van der Waals surface area (Å²) < 4.78 is 2.15. The first kappa shape index (κ1) is 14.5. The fraction of sp³-hybridized carbons (Fsp3) is 0.867. The predicted molar refractivity (Wildman–Crippen MR) is 76.0 cm³/mol. The van der Waals surface area contributed by atoms with E-state index in [1.807, 2.05) is 0 Å². The number of rotatable bonds is 2. The summed E-state index contributed by atoms with van der Waals surface area (Å²) in [7, 11) is 0. The van der Waals surface area contributed by atoms with Gasteiger partial charge in [-0.1, -0.05) is 32.1 Å². The molecule has 1 saturated carbocycles. The molecule has 1 aromatic rings. The summed E-state index contributed by atoms with van der Waals surface area (Å²) in [4.78, 5) is 0. The zero-order valence-corrected chi connectivity index (χ0v) is 12.5. The molecule has 1 aliphatic rings. The molecule has 0 atom stereocenters. The summed E-state index contributed by atoms with van der Waals surface area (Å²) in [5, 5.41) is 18.1. The minimum absolute atomic E-state index is 0.0308. The molecule has 0 amide bonds. The minimum atomic E-state index is -0.0702. The molecule has 0 unspecified atom stereocenters. The molecule has 0 spiro atoms. The van der Waals surface area contributed by atoms with Crippen molar-refractivity contribution in [3.05, 3.63) is 11.6 Å². The SMILES string of the molecule is CC(C)(C)n1c(CO)nnc1C1CCCCCCC1. The van der Waals surface area contributed by atoms with Gasteiger partial charge in [0.25, 0.3) is 0 Å². The Morgan fingerprint density at radius 1 is 1.05 bits per heavy atom. The Hall–Kier alpha value is -0.900. The van der Waals surface area contributed by atoms with Crippen LogP contribution < -0.4 is 0 Å². The van der Waals surface area contributed by atoms with E-state index < -0.39 is 0 Å². The maximum atomic E-state index is 9.47. The molecule has 0 aromatic carbocycles. The lowest BCUT2D eigenvalue weighted by Gasteiger charge is -2.28. The second-order valence-corrected chi connectivity index (χ2v) is 6.68. The molecule has 0 radical (unpaired) electrons. The number of aromatic nitrogens is 3. The normalized spacial score (nSPS) is 19.2. The first-order chi connectivity index (χ1) is 9.04. The van der Waals surface area contributed by atoms with Crippen molar-refractivity contribution in [1.29, 1.82) is 0 Å². The van der Waals surface area contributed by atoms with E-state index in [-0.39, 0.29) is 12.1 Å². The molecule has 1 heterocycles. The topological polar surface area (TPSA) is 50.9 Å². The van der Waals surface area contributed by atoms with Gasteiger partial charge < -0.3 is 9.67 Å². The number of nitrogens with zero attached hydrogens (tertiary/aromatic N) is 3. The van der Waals surface area contributed by atoms with Gasteiger partial charge in [0.2, 0.25) is 0 Å². The summed E-state index contributed by atoms with van der Waals surface area (Å²) in [6, 6.07) is 0. The van der Waals surface area contributed by atoms with Gasteiger partial charge in [-0.3, -0.25) is 0 Å². The summed E-state index contributed by atoms with van der Waals surface area (Å²) >= 11 is 0. The van der Waals surface area contributed by atoms with Gasteiger partial charge in [-0.05, 0) is 33.6 Å². The number of aliphatic hydroxyl groups excluding tert-OH is 1. The molecule has 0 bridgehead atoms. The van der Waals surface area contributed by atoms with Crippen molar-refractivity contribution in [2.24, 2.45) is 0 Å². The molecule has 4 nitrogen and oxygen atoms in total. The summed E-state index contributed by atoms with van der Waals surface area (Å²) in [6.45, 7) is 6.43. The Morgan fingerprint density at radius 3 is 2.16 bits per heavy atom. The smallest absolute Gasteiger partial charge is 0.159 e. The summed E-state index contributed by atoms with van der Waals surface area (Å²) in [5.41, 5.74) is -0.0702.